The molecule has 3 rings (SSSR count). The zero-order valence-corrected chi connectivity index (χ0v) is 22.8. The van der Waals surface area contributed by atoms with E-state index in [0.29, 0.717) is 0 Å². The quantitative estimate of drug-likeness (QED) is 0.466. The van der Waals surface area contributed by atoms with E-state index in [0.717, 1.165) is 21.7 Å². The Kier molecular flexibility index (Phi) is 8.77. The molecule has 1 aromatic carbocycles. The molecule has 1 aromatic heterocycles. The van der Waals surface area contributed by atoms with Crippen molar-refractivity contribution in [3.63, 3.8) is 0 Å². The number of benzene rings is 1. The van der Waals surface area contributed by atoms with E-state index in [1.54, 1.807) is 11.3 Å². The molecular formula is C26H35N3O4S2. The number of Topliss-reactive ketones (excluding diaryl/α,β-unsaturated/α-hetero) is 1. The number of amides is 2. The number of aliphatic hydroxyl groups excluding tert-OH is 1. The van der Waals surface area contributed by atoms with Crippen LogP contribution >= 0.6 is 23.1 Å². The summed E-state index contributed by atoms with van der Waals surface area (Å²) in [6.07, 6.45) is 1.60. The number of thioether (sulfide) groups is 1. The first-order chi connectivity index (χ1) is 16.4. The maximum Gasteiger partial charge on any atom is 0.224 e. The summed E-state index contributed by atoms with van der Waals surface area (Å²) in [5, 5.41) is 16.2. The zero-order chi connectivity index (χ0) is 25.9. The Labute approximate surface area is 215 Å². The maximum absolute atomic E-state index is 13.6. The van der Waals surface area contributed by atoms with Crippen molar-refractivity contribution in [1.29, 1.82) is 0 Å². The highest BCUT2D eigenvalue weighted by Gasteiger charge is 2.47. The minimum absolute atomic E-state index is 0.201. The summed E-state index contributed by atoms with van der Waals surface area (Å²) in [6.45, 7) is 9.07. The van der Waals surface area contributed by atoms with Crippen LogP contribution < -0.4 is 10.6 Å². The van der Waals surface area contributed by atoms with Gasteiger partial charge >= 0.3 is 0 Å². The van der Waals surface area contributed by atoms with Gasteiger partial charge in [0.15, 0.2) is 5.78 Å². The number of aliphatic hydroxyl groups is 1. The van der Waals surface area contributed by atoms with E-state index in [1.165, 1.54) is 18.7 Å². The number of carbonyl (C=O) groups excluding carboxylic acids is 3. The molecule has 1 saturated carbocycles. The highest BCUT2D eigenvalue weighted by atomic mass is 32.2. The Bertz CT molecular complexity index is 1070. The molecule has 1 heterocycles. The molecule has 2 aromatic rings. The molecule has 0 spiro atoms. The van der Waals surface area contributed by atoms with E-state index >= 15 is 0 Å². The number of ketones is 1. The predicted octanol–water partition coefficient (Wildman–Crippen LogP) is 3.90. The number of hydrogen-bond donors (Lipinski definition) is 3. The van der Waals surface area contributed by atoms with Crippen LogP contribution in [0.25, 0.3) is 10.4 Å². The third kappa shape index (κ3) is 6.32. The highest BCUT2D eigenvalue weighted by molar-refractivity contribution is 8.00. The molecular weight excluding hydrogens is 482 g/mol. The van der Waals surface area contributed by atoms with Gasteiger partial charge < -0.3 is 15.7 Å². The average Bonchev–Trinajstić information content (AvgIpc) is 3.42. The lowest BCUT2D eigenvalue weighted by atomic mass is 9.83. The molecule has 35 heavy (non-hydrogen) atoms. The third-order valence-electron chi connectivity index (χ3n) is 6.87. The number of carbonyl (C=O) groups is 3. The second-order valence-electron chi connectivity index (χ2n) is 9.80. The first-order valence-corrected chi connectivity index (χ1v) is 13.9. The Balaban J connectivity index is 1.74. The van der Waals surface area contributed by atoms with Crippen LogP contribution in [0.5, 0.6) is 0 Å². The lowest BCUT2D eigenvalue weighted by molar-refractivity contribution is -0.135. The fraction of sp³-hybridized carbons (Fsp3) is 0.538. The predicted molar refractivity (Wildman–Crippen MR) is 141 cm³/mol. The monoisotopic (exact) mass is 517 g/mol. The van der Waals surface area contributed by atoms with Crippen LogP contribution in [0.15, 0.2) is 29.8 Å². The second-order valence-corrected chi connectivity index (χ2v) is 12.1. The first kappa shape index (κ1) is 27.4. The lowest BCUT2D eigenvalue weighted by Gasteiger charge is -2.34. The molecule has 9 heteroatoms. The van der Waals surface area contributed by atoms with Crippen molar-refractivity contribution in [2.75, 3.05) is 6.26 Å². The molecule has 3 N–H and O–H groups in total. The molecule has 1 fully saturated rings. The highest BCUT2D eigenvalue weighted by Crippen LogP contribution is 2.38. The van der Waals surface area contributed by atoms with Gasteiger partial charge in [-0.3, -0.25) is 14.4 Å². The van der Waals surface area contributed by atoms with Crippen LogP contribution in [-0.2, 0) is 14.4 Å². The van der Waals surface area contributed by atoms with Crippen molar-refractivity contribution in [2.45, 2.75) is 70.4 Å². The van der Waals surface area contributed by atoms with Crippen molar-refractivity contribution in [2.24, 2.45) is 11.8 Å². The molecule has 0 radical (unpaired) electrons. The number of aryl methyl sites for hydroxylation is 1. The van der Waals surface area contributed by atoms with E-state index in [2.05, 4.69) is 15.6 Å². The Hall–Kier alpha value is -2.23. The van der Waals surface area contributed by atoms with Crippen LogP contribution in [0, 0.1) is 18.8 Å². The number of hydrogen-bond acceptors (Lipinski definition) is 7. The van der Waals surface area contributed by atoms with Gasteiger partial charge in [0.05, 0.1) is 34.1 Å². The number of aromatic nitrogens is 1. The van der Waals surface area contributed by atoms with Gasteiger partial charge in [0.1, 0.15) is 6.04 Å². The molecule has 1 aliphatic carbocycles. The molecule has 1 unspecified atom stereocenters. The molecule has 0 saturated heterocycles. The fourth-order valence-corrected chi connectivity index (χ4v) is 5.87. The maximum atomic E-state index is 13.6. The fourth-order valence-electron chi connectivity index (χ4n) is 4.64. The minimum atomic E-state index is -0.749. The molecule has 0 bridgehead atoms. The van der Waals surface area contributed by atoms with Crippen LogP contribution in [-0.4, -0.2) is 50.8 Å². The Morgan fingerprint density at radius 3 is 2.31 bits per heavy atom. The van der Waals surface area contributed by atoms with Crippen molar-refractivity contribution in [3.05, 3.63) is 41.0 Å². The molecule has 2 amide bonds. The second kappa shape index (κ2) is 11.2. The van der Waals surface area contributed by atoms with Crippen LogP contribution in [0.1, 0.15) is 57.8 Å². The van der Waals surface area contributed by atoms with Gasteiger partial charge in [-0.05, 0) is 57.9 Å². The number of rotatable bonds is 9. The normalized spacial score (nSPS) is 21.9. The van der Waals surface area contributed by atoms with E-state index in [-0.39, 0.29) is 36.5 Å². The standard InChI is InChI=1S/C26H35N3O4S2/c1-14(17-7-9-18(10-8-17)23-15(2)27-13-35-23)28-25(33)21-12-19(31)11-20(21)22(32)24(29-16(3)30)26(4,5)34-6/h7-10,13-14,19-21,24,31H,11-12H2,1-6H3,(H,28,33)(H,29,30)/t14-,19-,20?,21+,24+/m0/s1. The Morgan fingerprint density at radius 1 is 1.14 bits per heavy atom. The van der Waals surface area contributed by atoms with Gasteiger partial charge in [-0.15, -0.1) is 11.3 Å². The summed E-state index contributed by atoms with van der Waals surface area (Å²) in [5.74, 6) is -2.05. The largest absolute Gasteiger partial charge is 0.393 e. The van der Waals surface area contributed by atoms with E-state index in [1.807, 2.05) is 63.7 Å². The number of thiazole rings is 1. The lowest BCUT2D eigenvalue weighted by Crippen LogP contribution is -2.55. The van der Waals surface area contributed by atoms with Gasteiger partial charge in [-0.2, -0.15) is 11.8 Å². The zero-order valence-electron chi connectivity index (χ0n) is 21.1. The summed E-state index contributed by atoms with van der Waals surface area (Å²) in [5.41, 5.74) is 4.84. The van der Waals surface area contributed by atoms with Crippen molar-refractivity contribution >= 4 is 40.7 Å². The number of nitrogens with one attached hydrogen (secondary N) is 2. The summed E-state index contributed by atoms with van der Waals surface area (Å²) in [4.78, 5) is 44.1. The topological polar surface area (TPSA) is 108 Å². The summed E-state index contributed by atoms with van der Waals surface area (Å²) >= 11 is 3.07. The third-order valence-corrected chi connectivity index (χ3v) is 9.14. The van der Waals surface area contributed by atoms with Gasteiger partial charge in [-0.1, -0.05) is 24.3 Å². The summed E-state index contributed by atoms with van der Waals surface area (Å²) in [6, 6.07) is 7.00. The van der Waals surface area contributed by atoms with Crippen molar-refractivity contribution < 1.29 is 19.5 Å². The molecule has 5 atom stereocenters. The smallest absolute Gasteiger partial charge is 0.224 e. The SMILES string of the molecule is CSC(C)(C)[C@H](NC(C)=O)C(=O)C1C[C@H](O)C[C@H]1C(=O)N[C@@H](C)c1ccc(-c2scnc2C)cc1. The minimum Gasteiger partial charge on any atom is -0.393 e. The van der Waals surface area contributed by atoms with Crippen LogP contribution in [0.3, 0.4) is 0 Å². The summed E-state index contributed by atoms with van der Waals surface area (Å²) < 4.78 is -0.553. The van der Waals surface area contributed by atoms with Crippen LogP contribution in [0.2, 0.25) is 0 Å². The summed E-state index contributed by atoms with van der Waals surface area (Å²) in [7, 11) is 0. The molecule has 0 aliphatic heterocycles. The Morgan fingerprint density at radius 2 is 1.77 bits per heavy atom. The number of nitrogens with zero attached hydrogens (tertiary/aromatic N) is 1. The van der Waals surface area contributed by atoms with Crippen LogP contribution in [0.4, 0.5) is 0 Å². The van der Waals surface area contributed by atoms with E-state index in [9.17, 15) is 19.5 Å². The molecule has 1 aliphatic rings. The van der Waals surface area contributed by atoms with E-state index in [4.69, 9.17) is 0 Å². The van der Waals surface area contributed by atoms with Gasteiger partial charge in [0.2, 0.25) is 11.8 Å². The van der Waals surface area contributed by atoms with Crippen molar-refractivity contribution in [1.82, 2.24) is 15.6 Å². The first-order valence-electron chi connectivity index (χ1n) is 11.8. The molecule has 190 valence electrons. The van der Waals surface area contributed by atoms with Crippen molar-refractivity contribution in [3.8, 4) is 10.4 Å². The van der Waals surface area contributed by atoms with Gasteiger partial charge in [-0.25, -0.2) is 4.98 Å². The van der Waals surface area contributed by atoms with Gasteiger partial charge in [0, 0.05) is 17.6 Å². The van der Waals surface area contributed by atoms with Gasteiger partial charge in [0.25, 0.3) is 0 Å². The molecule has 7 nitrogen and oxygen atoms in total. The average molecular weight is 518 g/mol. The van der Waals surface area contributed by atoms with E-state index < -0.39 is 28.7 Å².